The van der Waals surface area contributed by atoms with E-state index in [4.69, 9.17) is 0 Å². The van der Waals surface area contributed by atoms with Gasteiger partial charge < -0.3 is 5.32 Å². The van der Waals surface area contributed by atoms with E-state index in [1.807, 2.05) is 0 Å². The van der Waals surface area contributed by atoms with Crippen molar-refractivity contribution in [1.29, 1.82) is 0 Å². The van der Waals surface area contributed by atoms with Crippen LogP contribution in [0.1, 0.15) is 66.2 Å². The van der Waals surface area contributed by atoms with Crippen LogP contribution in [0.3, 0.4) is 0 Å². The molecule has 1 fully saturated rings. The lowest BCUT2D eigenvalue weighted by Gasteiger charge is -2.35. The molecule has 1 heteroatoms. The van der Waals surface area contributed by atoms with Crippen molar-refractivity contribution in [3.8, 4) is 0 Å². The molecule has 1 nitrogen and oxygen atoms in total. The topological polar surface area (TPSA) is 12.0 Å². The molecule has 1 atom stereocenters. The lowest BCUT2D eigenvalue weighted by atomic mass is 9.77. The summed E-state index contributed by atoms with van der Waals surface area (Å²) >= 11 is 0. The number of hydrogen-bond donors (Lipinski definition) is 1. The highest BCUT2D eigenvalue weighted by Gasteiger charge is 2.26. The molecule has 0 bridgehead atoms. The van der Waals surface area contributed by atoms with Crippen molar-refractivity contribution in [2.75, 3.05) is 6.54 Å². The second kappa shape index (κ2) is 5.89. The Kier molecular flexibility index (Phi) is 5.11. The molecule has 0 aromatic carbocycles. The van der Waals surface area contributed by atoms with E-state index in [-0.39, 0.29) is 0 Å². The molecule has 1 rings (SSSR count). The molecule has 0 aromatic heterocycles. The van der Waals surface area contributed by atoms with E-state index in [0.29, 0.717) is 5.41 Å². The molecule has 0 aromatic rings. The van der Waals surface area contributed by atoms with Crippen molar-refractivity contribution < 1.29 is 0 Å². The van der Waals surface area contributed by atoms with Crippen molar-refractivity contribution in [1.82, 2.24) is 5.32 Å². The maximum atomic E-state index is 3.71. The molecular formula is C14H29N. The number of rotatable bonds is 4. The highest BCUT2D eigenvalue weighted by atomic mass is 14.9. The van der Waals surface area contributed by atoms with Crippen LogP contribution in [0, 0.1) is 11.3 Å². The van der Waals surface area contributed by atoms with Crippen molar-refractivity contribution in [2.24, 2.45) is 11.3 Å². The molecule has 0 heterocycles. The van der Waals surface area contributed by atoms with E-state index in [0.717, 1.165) is 18.5 Å². The van der Waals surface area contributed by atoms with E-state index in [2.05, 4.69) is 33.0 Å². The molecule has 1 saturated carbocycles. The molecular weight excluding hydrogens is 182 g/mol. The third-order valence-corrected chi connectivity index (χ3v) is 3.52. The van der Waals surface area contributed by atoms with Crippen molar-refractivity contribution in [2.45, 2.75) is 72.3 Å². The molecule has 0 aliphatic heterocycles. The van der Waals surface area contributed by atoms with Crippen molar-refractivity contribution >= 4 is 0 Å². The fraction of sp³-hybridized carbons (Fsp3) is 1.00. The van der Waals surface area contributed by atoms with Crippen LogP contribution in [0.15, 0.2) is 0 Å². The van der Waals surface area contributed by atoms with Gasteiger partial charge in [-0.15, -0.1) is 0 Å². The average Bonchev–Trinajstić information content (AvgIpc) is 2.17. The van der Waals surface area contributed by atoms with Gasteiger partial charge in [-0.05, 0) is 37.1 Å². The Morgan fingerprint density at radius 1 is 1.13 bits per heavy atom. The minimum atomic E-state index is 0.463. The summed E-state index contributed by atoms with van der Waals surface area (Å²) in [6, 6.07) is 0.760. The zero-order valence-electron chi connectivity index (χ0n) is 11.1. The largest absolute Gasteiger partial charge is 0.314 e. The molecule has 0 saturated heterocycles. The summed E-state index contributed by atoms with van der Waals surface area (Å²) in [6.45, 7) is 10.4. The van der Waals surface area contributed by atoms with Crippen LogP contribution >= 0.6 is 0 Å². The van der Waals surface area contributed by atoms with Crippen LogP contribution in [0.5, 0.6) is 0 Å². The summed E-state index contributed by atoms with van der Waals surface area (Å²) < 4.78 is 0. The standard InChI is InChI=1S/C14H29N/c1-5-15-13(11-14(2,3)4)12-9-7-6-8-10-12/h12-13,15H,5-11H2,1-4H3. The fourth-order valence-corrected chi connectivity index (χ4v) is 2.86. The summed E-state index contributed by atoms with van der Waals surface area (Å²) in [5.74, 6) is 0.943. The number of hydrogen-bond acceptors (Lipinski definition) is 1. The molecule has 1 unspecified atom stereocenters. The van der Waals surface area contributed by atoms with Crippen LogP contribution in [0.2, 0.25) is 0 Å². The fourth-order valence-electron chi connectivity index (χ4n) is 2.86. The van der Waals surface area contributed by atoms with E-state index in [1.165, 1.54) is 38.5 Å². The second-order valence-electron chi connectivity index (χ2n) is 6.33. The smallest absolute Gasteiger partial charge is 0.0100 e. The first-order chi connectivity index (χ1) is 7.03. The van der Waals surface area contributed by atoms with Crippen molar-refractivity contribution in [3.05, 3.63) is 0 Å². The summed E-state index contributed by atoms with van der Waals surface area (Å²) in [5, 5.41) is 3.71. The molecule has 1 N–H and O–H groups in total. The maximum Gasteiger partial charge on any atom is 0.0100 e. The molecule has 0 spiro atoms. The molecule has 1 aliphatic carbocycles. The average molecular weight is 211 g/mol. The van der Waals surface area contributed by atoms with Gasteiger partial charge in [0.05, 0.1) is 0 Å². The Balaban J connectivity index is 2.47. The predicted octanol–water partition coefficient (Wildman–Crippen LogP) is 3.98. The van der Waals surface area contributed by atoms with Gasteiger partial charge in [-0.3, -0.25) is 0 Å². The Morgan fingerprint density at radius 2 is 1.73 bits per heavy atom. The van der Waals surface area contributed by atoms with Crippen molar-refractivity contribution in [3.63, 3.8) is 0 Å². The molecule has 0 radical (unpaired) electrons. The zero-order chi connectivity index (χ0) is 11.3. The highest BCUT2D eigenvalue weighted by molar-refractivity contribution is 4.82. The first-order valence-electron chi connectivity index (χ1n) is 6.76. The Bertz CT molecular complexity index is 163. The Morgan fingerprint density at radius 3 is 2.20 bits per heavy atom. The number of nitrogens with one attached hydrogen (secondary N) is 1. The van der Waals surface area contributed by atoms with Gasteiger partial charge in [0.25, 0.3) is 0 Å². The zero-order valence-corrected chi connectivity index (χ0v) is 11.1. The van der Waals surface area contributed by atoms with Gasteiger partial charge in [-0.1, -0.05) is 47.0 Å². The van der Waals surface area contributed by atoms with Gasteiger partial charge >= 0.3 is 0 Å². The quantitative estimate of drug-likeness (QED) is 0.741. The lowest BCUT2D eigenvalue weighted by molar-refractivity contribution is 0.208. The minimum absolute atomic E-state index is 0.463. The summed E-state index contributed by atoms with van der Waals surface area (Å²) in [6.07, 6.45) is 8.60. The SMILES string of the molecule is CCNC(CC(C)(C)C)C1CCCCC1. The van der Waals surface area contributed by atoms with Crippen LogP contribution in [-0.2, 0) is 0 Å². The summed E-state index contributed by atoms with van der Waals surface area (Å²) in [7, 11) is 0. The minimum Gasteiger partial charge on any atom is -0.314 e. The van der Waals surface area contributed by atoms with Gasteiger partial charge in [-0.2, -0.15) is 0 Å². The van der Waals surface area contributed by atoms with Gasteiger partial charge in [0, 0.05) is 6.04 Å². The van der Waals surface area contributed by atoms with Gasteiger partial charge in [0.2, 0.25) is 0 Å². The molecule has 15 heavy (non-hydrogen) atoms. The maximum absolute atomic E-state index is 3.71. The Labute approximate surface area is 96.0 Å². The van der Waals surface area contributed by atoms with Crippen LogP contribution in [0.4, 0.5) is 0 Å². The first-order valence-corrected chi connectivity index (χ1v) is 6.76. The third kappa shape index (κ3) is 5.01. The van der Waals surface area contributed by atoms with Crippen LogP contribution in [0.25, 0.3) is 0 Å². The van der Waals surface area contributed by atoms with E-state index < -0.39 is 0 Å². The lowest BCUT2D eigenvalue weighted by Crippen LogP contribution is -2.39. The van der Waals surface area contributed by atoms with Gasteiger partial charge in [0.1, 0.15) is 0 Å². The monoisotopic (exact) mass is 211 g/mol. The predicted molar refractivity (Wildman–Crippen MR) is 68.1 cm³/mol. The van der Waals surface area contributed by atoms with Crippen LogP contribution in [-0.4, -0.2) is 12.6 Å². The van der Waals surface area contributed by atoms with E-state index in [1.54, 1.807) is 0 Å². The van der Waals surface area contributed by atoms with Gasteiger partial charge in [-0.25, -0.2) is 0 Å². The third-order valence-electron chi connectivity index (χ3n) is 3.52. The summed E-state index contributed by atoms with van der Waals surface area (Å²) in [4.78, 5) is 0. The normalized spacial score (nSPS) is 21.6. The summed E-state index contributed by atoms with van der Waals surface area (Å²) in [5.41, 5.74) is 0.463. The van der Waals surface area contributed by atoms with Crippen LogP contribution < -0.4 is 5.32 Å². The molecule has 90 valence electrons. The Hall–Kier alpha value is -0.0400. The van der Waals surface area contributed by atoms with E-state index in [9.17, 15) is 0 Å². The first kappa shape index (κ1) is 13.0. The molecule has 1 aliphatic rings. The van der Waals surface area contributed by atoms with E-state index >= 15 is 0 Å². The highest BCUT2D eigenvalue weighted by Crippen LogP contribution is 2.32. The molecule has 0 amide bonds. The van der Waals surface area contributed by atoms with Gasteiger partial charge in [0.15, 0.2) is 0 Å². The second-order valence-corrected chi connectivity index (χ2v) is 6.33.